The molecule has 14 heteroatoms. The van der Waals surface area contributed by atoms with E-state index in [-0.39, 0.29) is 49.8 Å². The van der Waals surface area contributed by atoms with Crippen LogP contribution in [0.1, 0.15) is 24.8 Å². The average Bonchev–Trinajstić information content (AvgIpc) is 3.47. The molecule has 1 aromatic carbocycles. The summed E-state index contributed by atoms with van der Waals surface area (Å²) in [7, 11) is 0. The Labute approximate surface area is 243 Å². The molecule has 3 N–H and O–H groups in total. The van der Waals surface area contributed by atoms with Gasteiger partial charge < -0.3 is 44.2 Å². The van der Waals surface area contributed by atoms with E-state index in [4.69, 9.17) is 33.5 Å². The number of nitrogens with zero attached hydrogens (tertiary/aromatic N) is 2. The molecular weight excluding hydrogens is 552 g/mol. The first-order valence-electron chi connectivity index (χ1n) is 13.8. The second kappa shape index (κ2) is 15.9. The van der Waals surface area contributed by atoms with E-state index in [1.807, 2.05) is 25.1 Å². The highest BCUT2D eigenvalue weighted by atomic mass is 16.7. The molecule has 0 saturated carbocycles. The van der Waals surface area contributed by atoms with Crippen molar-refractivity contribution in [3.63, 3.8) is 0 Å². The average molecular weight is 589 g/mol. The second-order valence-electron chi connectivity index (χ2n) is 9.35. The maximum absolute atomic E-state index is 13.2. The predicted octanol–water partition coefficient (Wildman–Crippen LogP) is 2.34. The summed E-state index contributed by atoms with van der Waals surface area (Å²) >= 11 is 0. The Bertz CT molecular complexity index is 1210. The first-order valence-corrected chi connectivity index (χ1v) is 13.8. The number of aromatic nitrogens is 1. The lowest BCUT2D eigenvalue weighted by Crippen LogP contribution is -2.40. The number of amides is 1. The van der Waals surface area contributed by atoms with Crippen molar-refractivity contribution >= 4 is 17.4 Å². The number of hydrogen-bond acceptors (Lipinski definition) is 12. The molecule has 0 fully saturated rings. The number of ether oxygens (including phenoxy) is 6. The molecule has 0 unspecified atom stereocenters. The highest BCUT2D eigenvalue weighted by Crippen LogP contribution is 2.42. The maximum atomic E-state index is 13.2. The minimum Gasteiger partial charge on any atom is -0.459 e. The lowest BCUT2D eigenvalue weighted by atomic mass is 9.81. The minimum absolute atomic E-state index is 0.0393. The molecule has 2 aliphatic heterocycles. The second-order valence-corrected chi connectivity index (χ2v) is 9.35. The van der Waals surface area contributed by atoms with E-state index in [1.165, 1.54) is 12.1 Å². The standard InChI is InChI=1S/C28H36N4O10/c1-2-39-28-21(7-11-37-13-14-38-12-10-33)22(19-3-5-23-24(15-19)41-18-40-23)16-25(42-28)27(34)30-9-8-29-26-6-4-20(17-31-26)32(35)36/h3-6,15-17,21-22,28,33H,2,7-14,18H2,1H3,(H,29,31)(H,30,34)/t21-,22+,28+/m1/s1. The predicted molar refractivity (Wildman–Crippen MR) is 149 cm³/mol. The quantitative estimate of drug-likeness (QED) is 0.140. The number of carbonyl (C=O) groups is 1. The Morgan fingerprint density at radius 2 is 1.93 bits per heavy atom. The van der Waals surface area contributed by atoms with Crippen LogP contribution >= 0.6 is 0 Å². The highest BCUT2D eigenvalue weighted by Gasteiger charge is 2.38. The molecule has 1 aromatic heterocycles. The number of carbonyl (C=O) groups excluding carboxylic acids is 1. The van der Waals surface area contributed by atoms with Crippen LogP contribution in [0.2, 0.25) is 0 Å². The Balaban J connectivity index is 1.42. The number of aliphatic hydroxyl groups is 1. The molecule has 2 aromatic rings. The summed E-state index contributed by atoms with van der Waals surface area (Å²) in [6, 6.07) is 8.55. The van der Waals surface area contributed by atoms with Gasteiger partial charge in [0.1, 0.15) is 12.0 Å². The van der Waals surface area contributed by atoms with Crippen LogP contribution in [-0.4, -0.2) is 86.7 Å². The van der Waals surface area contributed by atoms with Gasteiger partial charge >= 0.3 is 0 Å². The largest absolute Gasteiger partial charge is 0.459 e. The molecule has 0 bridgehead atoms. The van der Waals surface area contributed by atoms with E-state index in [1.54, 1.807) is 6.08 Å². The van der Waals surface area contributed by atoms with Gasteiger partial charge in [-0.2, -0.15) is 0 Å². The fourth-order valence-corrected chi connectivity index (χ4v) is 4.60. The Morgan fingerprint density at radius 1 is 1.12 bits per heavy atom. The number of allylic oxidation sites excluding steroid dienone is 1. The van der Waals surface area contributed by atoms with Crippen LogP contribution in [0.3, 0.4) is 0 Å². The third kappa shape index (κ3) is 8.52. The van der Waals surface area contributed by atoms with E-state index in [0.29, 0.717) is 56.7 Å². The summed E-state index contributed by atoms with van der Waals surface area (Å²) in [5.74, 6) is 1.06. The zero-order valence-corrected chi connectivity index (χ0v) is 23.4. The lowest BCUT2D eigenvalue weighted by Gasteiger charge is -2.37. The monoisotopic (exact) mass is 588 g/mol. The van der Waals surface area contributed by atoms with Gasteiger partial charge in [-0.15, -0.1) is 0 Å². The molecule has 42 heavy (non-hydrogen) atoms. The Hall–Kier alpha value is -3.98. The number of anilines is 1. The van der Waals surface area contributed by atoms with Gasteiger partial charge in [0.2, 0.25) is 13.1 Å². The lowest BCUT2D eigenvalue weighted by molar-refractivity contribution is -0.385. The molecule has 0 spiro atoms. The summed E-state index contributed by atoms with van der Waals surface area (Å²) in [5.41, 5.74) is 0.813. The topological polar surface area (TPSA) is 173 Å². The van der Waals surface area contributed by atoms with Gasteiger partial charge in [0.25, 0.3) is 11.6 Å². The minimum atomic E-state index is -0.701. The molecule has 0 radical (unpaired) electrons. The number of hydrogen-bond donors (Lipinski definition) is 3. The zero-order chi connectivity index (χ0) is 29.7. The van der Waals surface area contributed by atoms with Gasteiger partial charge in [-0.05, 0) is 43.2 Å². The summed E-state index contributed by atoms with van der Waals surface area (Å²) in [6.45, 7) is 4.38. The maximum Gasteiger partial charge on any atom is 0.287 e. The molecule has 0 aliphatic carbocycles. The number of nitro groups is 1. The summed E-state index contributed by atoms with van der Waals surface area (Å²) in [6.07, 6.45) is 2.84. The molecule has 4 rings (SSSR count). The summed E-state index contributed by atoms with van der Waals surface area (Å²) in [4.78, 5) is 27.4. The van der Waals surface area contributed by atoms with Crippen molar-refractivity contribution in [2.45, 2.75) is 25.6 Å². The number of pyridine rings is 1. The first-order chi connectivity index (χ1) is 20.5. The zero-order valence-electron chi connectivity index (χ0n) is 23.4. The van der Waals surface area contributed by atoms with Gasteiger partial charge in [-0.3, -0.25) is 14.9 Å². The van der Waals surface area contributed by atoms with E-state index in [2.05, 4.69) is 15.6 Å². The van der Waals surface area contributed by atoms with E-state index < -0.39 is 17.1 Å². The number of benzene rings is 1. The molecular formula is C28H36N4O10. The van der Waals surface area contributed by atoms with E-state index in [9.17, 15) is 14.9 Å². The number of rotatable bonds is 17. The number of fused-ring (bicyclic) bond motifs is 1. The molecule has 2 aliphatic rings. The van der Waals surface area contributed by atoms with Crippen molar-refractivity contribution < 1.29 is 43.2 Å². The SMILES string of the molecule is CCO[C@H]1OC(C(=O)NCCNc2ccc([N+](=O)[O-])cn2)=C[C@@H](c2ccc3c(c2)OCO3)[C@H]1CCOCCOCCO. The van der Waals surface area contributed by atoms with Crippen LogP contribution in [0.4, 0.5) is 11.5 Å². The highest BCUT2D eigenvalue weighted by molar-refractivity contribution is 5.91. The molecule has 228 valence electrons. The number of aliphatic hydroxyl groups excluding tert-OH is 1. The van der Waals surface area contributed by atoms with Crippen molar-refractivity contribution in [1.29, 1.82) is 0 Å². The molecule has 3 atom stereocenters. The fraction of sp³-hybridized carbons (Fsp3) is 0.500. The van der Waals surface area contributed by atoms with Crippen molar-refractivity contribution in [3.8, 4) is 11.5 Å². The van der Waals surface area contributed by atoms with Crippen molar-refractivity contribution in [2.75, 3.05) is 64.8 Å². The van der Waals surface area contributed by atoms with Crippen molar-refractivity contribution in [3.05, 3.63) is 64.0 Å². The normalized spacial score (nSPS) is 19.1. The van der Waals surface area contributed by atoms with E-state index >= 15 is 0 Å². The van der Waals surface area contributed by atoms with Gasteiger partial charge in [0.05, 0.1) is 31.4 Å². The van der Waals surface area contributed by atoms with Crippen LogP contribution in [0.25, 0.3) is 0 Å². The Kier molecular flexibility index (Phi) is 11.7. The van der Waals surface area contributed by atoms with Crippen LogP contribution < -0.4 is 20.1 Å². The molecule has 0 saturated heterocycles. The third-order valence-electron chi connectivity index (χ3n) is 6.60. The van der Waals surface area contributed by atoms with Crippen molar-refractivity contribution in [2.24, 2.45) is 5.92 Å². The van der Waals surface area contributed by atoms with Crippen LogP contribution in [0, 0.1) is 16.0 Å². The first kappa shape index (κ1) is 31.0. The van der Waals surface area contributed by atoms with Gasteiger partial charge in [0.15, 0.2) is 17.3 Å². The Morgan fingerprint density at radius 3 is 2.67 bits per heavy atom. The molecule has 3 heterocycles. The third-order valence-corrected chi connectivity index (χ3v) is 6.60. The van der Waals surface area contributed by atoms with Crippen LogP contribution in [0.15, 0.2) is 48.4 Å². The fourth-order valence-electron chi connectivity index (χ4n) is 4.60. The van der Waals surface area contributed by atoms with E-state index in [0.717, 1.165) is 11.8 Å². The van der Waals surface area contributed by atoms with Crippen LogP contribution in [0.5, 0.6) is 11.5 Å². The van der Waals surface area contributed by atoms with Crippen LogP contribution in [-0.2, 0) is 23.7 Å². The van der Waals surface area contributed by atoms with Gasteiger partial charge in [0, 0.05) is 44.2 Å². The number of nitrogens with one attached hydrogen (secondary N) is 2. The summed E-state index contributed by atoms with van der Waals surface area (Å²) < 4.78 is 34.1. The van der Waals surface area contributed by atoms with Gasteiger partial charge in [-0.25, -0.2) is 4.98 Å². The summed E-state index contributed by atoms with van der Waals surface area (Å²) in [5, 5.41) is 25.5. The molecule has 14 nitrogen and oxygen atoms in total. The molecule has 1 amide bonds. The van der Waals surface area contributed by atoms with Crippen molar-refractivity contribution in [1.82, 2.24) is 10.3 Å². The van der Waals surface area contributed by atoms with Gasteiger partial charge in [-0.1, -0.05) is 6.07 Å². The smallest absolute Gasteiger partial charge is 0.287 e.